The zero-order valence-electron chi connectivity index (χ0n) is 9.54. The van der Waals surface area contributed by atoms with E-state index in [1.54, 1.807) is 11.8 Å². The lowest BCUT2D eigenvalue weighted by molar-refractivity contribution is 0.0730. The molecule has 1 N–H and O–H groups in total. The Morgan fingerprint density at radius 1 is 1.50 bits per heavy atom. The van der Waals surface area contributed by atoms with E-state index in [0.717, 1.165) is 5.56 Å². The van der Waals surface area contributed by atoms with Gasteiger partial charge in [0, 0.05) is 12.6 Å². The molecule has 16 heavy (non-hydrogen) atoms. The number of hydrogen-bond acceptors (Lipinski definition) is 2. The summed E-state index contributed by atoms with van der Waals surface area (Å²) < 4.78 is 0. The zero-order chi connectivity index (χ0) is 12.0. The second-order valence-corrected chi connectivity index (χ2v) is 4.79. The predicted octanol–water partition coefficient (Wildman–Crippen LogP) is 2.72. The number of aryl methyl sites for hydroxylation is 1. The van der Waals surface area contributed by atoms with Gasteiger partial charge >= 0.3 is 0 Å². The van der Waals surface area contributed by atoms with Crippen LogP contribution in [0, 0.1) is 6.92 Å². The molecular formula is C12H14ClNO2. The number of rotatable bonds is 1. The minimum Gasteiger partial charge on any atom is -0.506 e. The van der Waals surface area contributed by atoms with Gasteiger partial charge in [0.05, 0.1) is 10.6 Å². The van der Waals surface area contributed by atoms with Gasteiger partial charge in [-0.1, -0.05) is 11.6 Å². The second kappa shape index (κ2) is 3.67. The highest BCUT2D eigenvalue weighted by Gasteiger charge is 2.32. The Labute approximate surface area is 99.6 Å². The topological polar surface area (TPSA) is 40.5 Å². The van der Waals surface area contributed by atoms with E-state index < -0.39 is 0 Å². The quantitative estimate of drug-likeness (QED) is 0.819. The number of carbonyl (C=O) groups is 1. The van der Waals surface area contributed by atoms with Gasteiger partial charge in [-0.05, 0) is 38.0 Å². The number of amides is 1. The van der Waals surface area contributed by atoms with Crippen LogP contribution in [0.15, 0.2) is 6.07 Å². The van der Waals surface area contributed by atoms with Crippen molar-refractivity contribution in [1.82, 2.24) is 4.90 Å². The molecule has 0 aliphatic carbocycles. The van der Waals surface area contributed by atoms with Crippen molar-refractivity contribution in [2.75, 3.05) is 0 Å². The van der Waals surface area contributed by atoms with Gasteiger partial charge in [-0.2, -0.15) is 0 Å². The second-order valence-electron chi connectivity index (χ2n) is 4.42. The molecule has 4 heteroatoms. The molecule has 0 aromatic heterocycles. The Hall–Kier alpha value is -1.22. The third-order valence-corrected chi connectivity index (χ3v) is 3.32. The molecule has 1 aromatic rings. The fourth-order valence-corrected chi connectivity index (χ4v) is 2.36. The first-order valence-electron chi connectivity index (χ1n) is 5.25. The van der Waals surface area contributed by atoms with Crippen LogP contribution in [0.5, 0.6) is 5.75 Å². The number of hydrogen-bond donors (Lipinski definition) is 1. The Bertz CT molecular complexity index is 469. The van der Waals surface area contributed by atoms with Crippen LogP contribution in [0.1, 0.15) is 35.3 Å². The highest BCUT2D eigenvalue weighted by atomic mass is 35.5. The molecule has 86 valence electrons. The van der Waals surface area contributed by atoms with Crippen molar-refractivity contribution in [2.45, 2.75) is 33.4 Å². The van der Waals surface area contributed by atoms with E-state index in [1.807, 2.05) is 19.9 Å². The summed E-state index contributed by atoms with van der Waals surface area (Å²) in [6.45, 7) is 6.28. The van der Waals surface area contributed by atoms with Gasteiger partial charge < -0.3 is 10.0 Å². The van der Waals surface area contributed by atoms with Gasteiger partial charge in [0.25, 0.3) is 5.91 Å². The number of benzene rings is 1. The monoisotopic (exact) mass is 239 g/mol. The number of carbonyl (C=O) groups excluding carboxylic acids is 1. The van der Waals surface area contributed by atoms with E-state index in [-0.39, 0.29) is 22.7 Å². The molecule has 0 saturated carbocycles. The fourth-order valence-electron chi connectivity index (χ4n) is 2.01. The highest BCUT2D eigenvalue weighted by Crippen LogP contribution is 2.38. The predicted molar refractivity (Wildman–Crippen MR) is 62.9 cm³/mol. The summed E-state index contributed by atoms with van der Waals surface area (Å²) in [4.78, 5) is 13.8. The Morgan fingerprint density at radius 2 is 2.12 bits per heavy atom. The first-order chi connectivity index (χ1) is 7.43. The first kappa shape index (κ1) is 11.3. The van der Waals surface area contributed by atoms with Gasteiger partial charge in [0.1, 0.15) is 5.75 Å². The number of aromatic hydroxyl groups is 1. The molecule has 3 nitrogen and oxygen atoms in total. The van der Waals surface area contributed by atoms with Crippen LogP contribution in [0.2, 0.25) is 5.02 Å². The zero-order valence-corrected chi connectivity index (χ0v) is 10.3. The van der Waals surface area contributed by atoms with Crippen LogP contribution in [-0.2, 0) is 6.54 Å². The molecule has 1 aromatic carbocycles. The Kier molecular flexibility index (Phi) is 2.58. The molecule has 2 rings (SSSR count). The molecule has 0 saturated heterocycles. The van der Waals surface area contributed by atoms with E-state index in [0.29, 0.717) is 17.7 Å². The summed E-state index contributed by atoms with van der Waals surface area (Å²) in [5, 5.41) is 9.89. The maximum atomic E-state index is 12.1. The number of phenolic OH excluding ortho intramolecular Hbond substituents is 1. The molecule has 1 aliphatic heterocycles. The van der Waals surface area contributed by atoms with Crippen LogP contribution >= 0.6 is 11.6 Å². The molecule has 0 unspecified atom stereocenters. The highest BCUT2D eigenvalue weighted by molar-refractivity contribution is 6.35. The SMILES string of the molecule is Cc1cc2c(c(Cl)c1O)C(=O)N(C(C)C)C2. The minimum atomic E-state index is -0.0923. The average Bonchev–Trinajstić information content (AvgIpc) is 2.52. The summed E-state index contributed by atoms with van der Waals surface area (Å²) in [6, 6.07) is 1.97. The van der Waals surface area contributed by atoms with E-state index in [4.69, 9.17) is 11.6 Å². The van der Waals surface area contributed by atoms with Crippen LogP contribution in [-0.4, -0.2) is 22.0 Å². The van der Waals surface area contributed by atoms with Gasteiger partial charge in [-0.15, -0.1) is 0 Å². The third-order valence-electron chi connectivity index (χ3n) is 2.95. The molecule has 0 fully saturated rings. The van der Waals surface area contributed by atoms with Gasteiger partial charge in [0.15, 0.2) is 0 Å². The van der Waals surface area contributed by atoms with Gasteiger partial charge in [0.2, 0.25) is 0 Å². The Morgan fingerprint density at radius 3 is 2.69 bits per heavy atom. The third kappa shape index (κ3) is 1.47. The standard InChI is InChI=1S/C12H14ClNO2/c1-6(2)14-5-8-4-7(3)11(15)10(13)9(8)12(14)16/h4,6,15H,5H2,1-3H3. The summed E-state index contributed by atoms with van der Waals surface area (Å²) in [6.07, 6.45) is 0. The fraction of sp³-hybridized carbons (Fsp3) is 0.417. The normalized spacial score (nSPS) is 14.8. The van der Waals surface area contributed by atoms with Crippen LogP contribution in [0.4, 0.5) is 0 Å². The van der Waals surface area contributed by atoms with Crippen LogP contribution < -0.4 is 0 Å². The van der Waals surface area contributed by atoms with Crippen molar-refractivity contribution in [3.63, 3.8) is 0 Å². The summed E-state index contributed by atoms with van der Waals surface area (Å²) in [5.74, 6) is -0.0790. The molecule has 0 bridgehead atoms. The maximum Gasteiger partial charge on any atom is 0.256 e. The number of fused-ring (bicyclic) bond motifs is 1. The lowest BCUT2D eigenvalue weighted by atomic mass is 10.1. The Balaban J connectivity index is 2.57. The summed E-state index contributed by atoms with van der Waals surface area (Å²) >= 11 is 6.01. The lowest BCUT2D eigenvalue weighted by Gasteiger charge is -2.19. The maximum absolute atomic E-state index is 12.1. The van der Waals surface area contributed by atoms with Crippen molar-refractivity contribution < 1.29 is 9.90 Å². The number of nitrogens with zero attached hydrogens (tertiary/aromatic N) is 1. The molecule has 0 atom stereocenters. The molecule has 1 aliphatic rings. The van der Waals surface area contributed by atoms with Crippen molar-refractivity contribution in [1.29, 1.82) is 0 Å². The number of phenols is 1. The van der Waals surface area contributed by atoms with Gasteiger partial charge in [-0.3, -0.25) is 4.79 Å². The molecule has 1 heterocycles. The molecular weight excluding hydrogens is 226 g/mol. The largest absolute Gasteiger partial charge is 0.506 e. The minimum absolute atomic E-state index is 0.0133. The average molecular weight is 240 g/mol. The summed E-state index contributed by atoms with van der Waals surface area (Å²) in [5.41, 5.74) is 2.07. The van der Waals surface area contributed by atoms with Crippen LogP contribution in [0.25, 0.3) is 0 Å². The number of halogens is 1. The molecule has 0 radical (unpaired) electrons. The van der Waals surface area contributed by atoms with E-state index in [2.05, 4.69) is 0 Å². The van der Waals surface area contributed by atoms with E-state index in [1.165, 1.54) is 0 Å². The molecule has 1 amide bonds. The van der Waals surface area contributed by atoms with Crippen molar-refractivity contribution in [3.8, 4) is 5.75 Å². The van der Waals surface area contributed by atoms with Crippen LogP contribution in [0.3, 0.4) is 0 Å². The van der Waals surface area contributed by atoms with Crippen molar-refractivity contribution in [2.24, 2.45) is 0 Å². The van der Waals surface area contributed by atoms with E-state index in [9.17, 15) is 9.90 Å². The van der Waals surface area contributed by atoms with Crippen molar-refractivity contribution in [3.05, 3.63) is 27.8 Å². The lowest BCUT2D eigenvalue weighted by Crippen LogP contribution is -2.30. The molecule has 0 spiro atoms. The van der Waals surface area contributed by atoms with E-state index >= 15 is 0 Å². The van der Waals surface area contributed by atoms with Gasteiger partial charge in [-0.25, -0.2) is 0 Å². The van der Waals surface area contributed by atoms with Crippen molar-refractivity contribution >= 4 is 17.5 Å². The smallest absolute Gasteiger partial charge is 0.256 e. The summed E-state index contributed by atoms with van der Waals surface area (Å²) in [7, 11) is 0. The first-order valence-corrected chi connectivity index (χ1v) is 5.63.